The predicted molar refractivity (Wildman–Crippen MR) is 65.7 cm³/mol. The van der Waals surface area contributed by atoms with Crippen LogP contribution in [0.1, 0.15) is 25.0 Å². The van der Waals surface area contributed by atoms with E-state index in [2.05, 4.69) is 27.2 Å². The summed E-state index contributed by atoms with van der Waals surface area (Å²) in [6.45, 7) is 4.19. The quantitative estimate of drug-likeness (QED) is 0.832. The summed E-state index contributed by atoms with van der Waals surface area (Å²) in [4.78, 5) is 10.8. The van der Waals surface area contributed by atoms with Gasteiger partial charge in [0.05, 0.1) is 0 Å². The first-order chi connectivity index (χ1) is 7.75. The van der Waals surface area contributed by atoms with Crippen LogP contribution in [-0.2, 0) is 0 Å². The topological polar surface area (TPSA) is 41.1 Å². The molecule has 1 atom stereocenters. The summed E-state index contributed by atoms with van der Waals surface area (Å²) in [5.41, 5.74) is 1.02. The van der Waals surface area contributed by atoms with Crippen LogP contribution in [0.15, 0.2) is 12.3 Å². The molecule has 2 rings (SSSR count). The number of aromatic nitrogens is 2. The molecular formula is C12H20N4. The molecule has 1 unspecified atom stereocenters. The highest BCUT2D eigenvalue weighted by molar-refractivity contribution is 5.28. The lowest BCUT2D eigenvalue weighted by Gasteiger charge is -2.19. The number of anilines is 1. The minimum Gasteiger partial charge on any atom is -0.344 e. The van der Waals surface area contributed by atoms with E-state index in [4.69, 9.17) is 0 Å². The summed E-state index contributed by atoms with van der Waals surface area (Å²) in [6, 6.07) is 2.61. The Bertz CT molecular complexity index is 334. The van der Waals surface area contributed by atoms with Crippen molar-refractivity contribution in [2.45, 2.75) is 32.2 Å². The van der Waals surface area contributed by atoms with Crippen LogP contribution in [0.3, 0.4) is 0 Å². The third kappa shape index (κ3) is 2.92. The molecule has 2 heterocycles. The molecule has 1 aromatic heterocycles. The predicted octanol–water partition coefficient (Wildman–Crippen LogP) is 1.36. The van der Waals surface area contributed by atoms with E-state index in [0.29, 0.717) is 6.04 Å². The minimum absolute atomic E-state index is 0.687. The second-order valence-corrected chi connectivity index (χ2v) is 4.50. The van der Waals surface area contributed by atoms with Crippen LogP contribution in [0.4, 0.5) is 5.95 Å². The van der Waals surface area contributed by atoms with Crippen molar-refractivity contribution in [1.82, 2.24) is 15.3 Å². The Morgan fingerprint density at radius 1 is 1.56 bits per heavy atom. The van der Waals surface area contributed by atoms with Gasteiger partial charge in [-0.3, -0.25) is 0 Å². The van der Waals surface area contributed by atoms with Crippen molar-refractivity contribution >= 4 is 5.95 Å². The van der Waals surface area contributed by atoms with Crippen LogP contribution in [0.2, 0.25) is 0 Å². The highest BCUT2D eigenvalue weighted by Gasteiger charge is 2.14. The van der Waals surface area contributed by atoms with E-state index in [0.717, 1.165) is 18.2 Å². The Kier molecular flexibility index (Phi) is 3.72. The Labute approximate surface area is 97.1 Å². The van der Waals surface area contributed by atoms with E-state index in [1.54, 1.807) is 0 Å². The highest BCUT2D eigenvalue weighted by atomic mass is 15.2. The van der Waals surface area contributed by atoms with E-state index >= 15 is 0 Å². The molecule has 0 aromatic carbocycles. The van der Waals surface area contributed by atoms with Gasteiger partial charge in [0, 0.05) is 31.5 Å². The van der Waals surface area contributed by atoms with Gasteiger partial charge in [-0.25, -0.2) is 9.97 Å². The van der Waals surface area contributed by atoms with Crippen molar-refractivity contribution in [2.75, 3.05) is 25.0 Å². The van der Waals surface area contributed by atoms with Crippen LogP contribution in [0.5, 0.6) is 0 Å². The number of hydrogen-bond donors (Lipinski definition) is 1. The molecule has 4 heteroatoms. The van der Waals surface area contributed by atoms with Crippen molar-refractivity contribution < 1.29 is 0 Å². The molecule has 1 N–H and O–H groups in total. The Morgan fingerprint density at radius 2 is 2.44 bits per heavy atom. The van der Waals surface area contributed by atoms with Gasteiger partial charge in [-0.15, -0.1) is 0 Å². The first-order valence-corrected chi connectivity index (χ1v) is 6.00. The molecule has 1 aliphatic heterocycles. The average molecular weight is 220 g/mol. The molecule has 4 nitrogen and oxygen atoms in total. The molecular weight excluding hydrogens is 200 g/mol. The maximum absolute atomic E-state index is 4.41. The molecule has 1 aliphatic rings. The van der Waals surface area contributed by atoms with E-state index in [9.17, 15) is 0 Å². The summed E-state index contributed by atoms with van der Waals surface area (Å²) in [6.07, 6.45) is 5.62. The van der Waals surface area contributed by atoms with Crippen LogP contribution in [0, 0.1) is 6.92 Å². The van der Waals surface area contributed by atoms with Gasteiger partial charge >= 0.3 is 0 Å². The lowest BCUT2D eigenvalue weighted by molar-refractivity contribution is 0.556. The van der Waals surface area contributed by atoms with Gasteiger partial charge in [0.1, 0.15) is 0 Å². The highest BCUT2D eigenvalue weighted by Crippen LogP contribution is 2.11. The molecule has 0 spiro atoms. The van der Waals surface area contributed by atoms with Gasteiger partial charge in [-0.05, 0) is 38.8 Å². The molecule has 16 heavy (non-hydrogen) atoms. The molecule has 88 valence electrons. The Morgan fingerprint density at radius 3 is 3.12 bits per heavy atom. The smallest absolute Gasteiger partial charge is 0.225 e. The third-order valence-electron chi connectivity index (χ3n) is 3.10. The minimum atomic E-state index is 0.687. The van der Waals surface area contributed by atoms with E-state index in [1.807, 2.05) is 19.2 Å². The Hall–Kier alpha value is -1.16. The SMILES string of the molecule is Cc1ccnc(N(C)CCC2CCCN2)n1. The monoisotopic (exact) mass is 220 g/mol. The molecule has 0 aliphatic carbocycles. The van der Waals surface area contributed by atoms with Crippen LogP contribution >= 0.6 is 0 Å². The van der Waals surface area contributed by atoms with Crippen LogP contribution in [0.25, 0.3) is 0 Å². The van der Waals surface area contributed by atoms with Crippen LogP contribution < -0.4 is 10.2 Å². The van der Waals surface area contributed by atoms with Gasteiger partial charge in [0.15, 0.2) is 0 Å². The van der Waals surface area contributed by atoms with E-state index < -0.39 is 0 Å². The zero-order chi connectivity index (χ0) is 11.4. The van der Waals surface area contributed by atoms with Gasteiger partial charge in [-0.1, -0.05) is 0 Å². The summed E-state index contributed by atoms with van der Waals surface area (Å²) in [5, 5.41) is 3.51. The number of hydrogen-bond acceptors (Lipinski definition) is 4. The van der Waals surface area contributed by atoms with E-state index in [1.165, 1.54) is 25.8 Å². The number of nitrogens with one attached hydrogen (secondary N) is 1. The molecule has 1 fully saturated rings. The summed E-state index contributed by atoms with van der Waals surface area (Å²) in [5.74, 6) is 0.831. The third-order valence-corrected chi connectivity index (χ3v) is 3.10. The van der Waals surface area contributed by atoms with Gasteiger partial charge < -0.3 is 10.2 Å². The van der Waals surface area contributed by atoms with Crippen molar-refractivity contribution in [3.05, 3.63) is 18.0 Å². The van der Waals surface area contributed by atoms with Crippen molar-refractivity contribution in [3.8, 4) is 0 Å². The molecule has 0 bridgehead atoms. The molecule has 0 saturated carbocycles. The van der Waals surface area contributed by atoms with Gasteiger partial charge in [0.25, 0.3) is 0 Å². The van der Waals surface area contributed by atoms with Gasteiger partial charge in [-0.2, -0.15) is 0 Å². The fraction of sp³-hybridized carbons (Fsp3) is 0.667. The number of rotatable bonds is 4. The molecule has 0 amide bonds. The lowest BCUT2D eigenvalue weighted by Crippen LogP contribution is -2.29. The molecule has 1 aromatic rings. The Balaban J connectivity index is 1.85. The fourth-order valence-corrected chi connectivity index (χ4v) is 2.07. The summed E-state index contributed by atoms with van der Waals surface area (Å²) in [7, 11) is 2.06. The van der Waals surface area contributed by atoms with E-state index in [-0.39, 0.29) is 0 Å². The maximum Gasteiger partial charge on any atom is 0.225 e. The largest absolute Gasteiger partial charge is 0.344 e. The van der Waals surface area contributed by atoms with Crippen LogP contribution in [-0.4, -0.2) is 36.1 Å². The first kappa shape index (κ1) is 11.3. The second-order valence-electron chi connectivity index (χ2n) is 4.50. The maximum atomic E-state index is 4.41. The fourth-order valence-electron chi connectivity index (χ4n) is 2.07. The molecule has 1 saturated heterocycles. The standard InChI is InChI=1S/C12H20N4/c1-10-5-8-14-12(15-10)16(2)9-6-11-4-3-7-13-11/h5,8,11,13H,3-4,6-7,9H2,1-2H3. The summed E-state index contributed by atoms with van der Waals surface area (Å²) >= 11 is 0. The second kappa shape index (κ2) is 5.25. The van der Waals surface area contributed by atoms with Crippen molar-refractivity contribution in [1.29, 1.82) is 0 Å². The van der Waals surface area contributed by atoms with Gasteiger partial charge in [0.2, 0.25) is 5.95 Å². The zero-order valence-corrected chi connectivity index (χ0v) is 10.1. The van der Waals surface area contributed by atoms with Crippen molar-refractivity contribution in [3.63, 3.8) is 0 Å². The lowest BCUT2D eigenvalue weighted by atomic mass is 10.1. The number of nitrogens with zero attached hydrogens (tertiary/aromatic N) is 3. The zero-order valence-electron chi connectivity index (χ0n) is 10.1. The first-order valence-electron chi connectivity index (χ1n) is 6.00. The number of aryl methyl sites for hydroxylation is 1. The van der Waals surface area contributed by atoms with Crippen molar-refractivity contribution in [2.24, 2.45) is 0 Å². The average Bonchev–Trinajstić information content (AvgIpc) is 2.78. The normalized spacial score (nSPS) is 20.0. The molecule has 0 radical (unpaired) electrons. The summed E-state index contributed by atoms with van der Waals surface area (Å²) < 4.78 is 0.